The van der Waals surface area contributed by atoms with Crippen molar-refractivity contribution in [2.45, 2.75) is 19.8 Å². The van der Waals surface area contributed by atoms with E-state index in [1.54, 1.807) is 6.33 Å². The quantitative estimate of drug-likeness (QED) is 0.799. The van der Waals surface area contributed by atoms with Gasteiger partial charge in [0.25, 0.3) is 0 Å². The fourth-order valence-electron chi connectivity index (χ4n) is 1.84. The Morgan fingerprint density at radius 2 is 2.33 bits per heavy atom. The summed E-state index contributed by atoms with van der Waals surface area (Å²) >= 11 is 0. The largest absolute Gasteiger partial charge is 0.345 e. The molecule has 0 amide bonds. The predicted octanol–water partition coefficient (Wildman–Crippen LogP) is 2.09. The summed E-state index contributed by atoms with van der Waals surface area (Å²) < 4.78 is 0. The molecule has 2 aromatic rings. The molecule has 0 saturated heterocycles. The lowest BCUT2D eigenvalue weighted by Crippen LogP contribution is -2.15. The highest BCUT2D eigenvalue weighted by molar-refractivity contribution is 5.75. The molecule has 0 bridgehead atoms. The lowest BCUT2D eigenvalue weighted by Gasteiger charge is -2.11. The first kappa shape index (κ1) is 10.2. The summed E-state index contributed by atoms with van der Waals surface area (Å²) in [6.45, 7) is 2.95. The maximum atomic E-state index is 5.70. The third-order valence-electron chi connectivity index (χ3n) is 2.92. The first-order chi connectivity index (χ1) is 7.33. The molecule has 0 aliphatic carbocycles. The molecule has 1 aromatic carbocycles. The van der Waals surface area contributed by atoms with Gasteiger partial charge in [0.15, 0.2) is 0 Å². The van der Waals surface area contributed by atoms with E-state index in [9.17, 15) is 0 Å². The second kappa shape index (κ2) is 4.45. The Balaban J connectivity index is 2.20. The molecule has 1 atom stereocenters. The number of imidazole rings is 1. The summed E-state index contributed by atoms with van der Waals surface area (Å²) in [5.74, 6) is 0.588. The third kappa shape index (κ3) is 2.18. The van der Waals surface area contributed by atoms with Gasteiger partial charge in [0.05, 0.1) is 17.4 Å². The van der Waals surface area contributed by atoms with Crippen molar-refractivity contribution in [3.63, 3.8) is 0 Å². The number of nitrogens with zero attached hydrogens (tertiary/aromatic N) is 1. The molecule has 0 spiro atoms. The second-order valence-electron chi connectivity index (χ2n) is 3.97. The Hall–Kier alpha value is -1.35. The molecule has 3 nitrogen and oxygen atoms in total. The zero-order chi connectivity index (χ0) is 10.7. The van der Waals surface area contributed by atoms with Gasteiger partial charge in [-0.2, -0.15) is 0 Å². The SMILES string of the molecule is CCC(CN)Cc1ccc2nc[nH]c2c1. The van der Waals surface area contributed by atoms with Gasteiger partial charge in [-0.3, -0.25) is 0 Å². The van der Waals surface area contributed by atoms with Gasteiger partial charge >= 0.3 is 0 Å². The topological polar surface area (TPSA) is 54.7 Å². The molecule has 0 radical (unpaired) electrons. The molecule has 1 aromatic heterocycles. The highest BCUT2D eigenvalue weighted by Gasteiger charge is 2.06. The molecular formula is C12H17N3. The van der Waals surface area contributed by atoms with Crippen molar-refractivity contribution in [3.8, 4) is 0 Å². The molecule has 3 N–H and O–H groups in total. The van der Waals surface area contributed by atoms with Crippen LogP contribution in [0.15, 0.2) is 24.5 Å². The van der Waals surface area contributed by atoms with Crippen LogP contribution < -0.4 is 5.73 Å². The molecule has 2 rings (SSSR count). The summed E-state index contributed by atoms with van der Waals surface area (Å²) in [5.41, 5.74) is 9.18. The Kier molecular flexibility index (Phi) is 3.02. The Labute approximate surface area is 89.7 Å². The molecule has 80 valence electrons. The molecular weight excluding hydrogens is 186 g/mol. The number of hydrogen-bond donors (Lipinski definition) is 2. The standard InChI is InChI=1S/C12H17N3/c1-2-9(7-13)5-10-3-4-11-12(6-10)15-8-14-11/h3-4,6,8-9H,2,5,7,13H2,1H3,(H,14,15). The zero-order valence-corrected chi connectivity index (χ0v) is 9.03. The van der Waals surface area contributed by atoms with E-state index in [1.807, 2.05) is 0 Å². The van der Waals surface area contributed by atoms with Crippen LogP contribution >= 0.6 is 0 Å². The van der Waals surface area contributed by atoms with E-state index in [0.717, 1.165) is 30.4 Å². The highest BCUT2D eigenvalue weighted by atomic mass is 14.9. The van der Waals surface area contributed by atoms with Gasteiger partial charge in [-0.1, -0.05) is 19.4 Å². The van der Waals surface area contributed by atoms with Gasteiger partial charge in [-0.05, 0) is 36.6 Å². The minimum Gasteiger partial charge on any atom is -0.345 e. The number of H-pyrrole nitrogens is 1. The number of aromatic nitrogens is 2. The lowest BCUT2D eigenvalue weighted by molar-refractivity contribution is 0.519. The molecule has 3 heteroatoms. The minimum absolute atomic E-state index is 0.588. The van der Waals surface area contributed by atoms with Crippen LogP contribution in [0.4, 0.5) is 0 Å². The number of rotatable bonds is 4. The average molecular weight is 203 g/mol. The Morgan fingerprint density at radius 3 is 3.07 bits per heavy atom. The Bertz CT molecular complexity index is 429. The van der Waals surface area contributed by atoms with Crippen LogP contribution in [0, 0.1) is 5.92 Å². The van der Waals surface area contributed by atoms with Crippen LogP contribution in [-0.2, 0) is 6.42 Å². The number of benzene rings is 1. The van der Waals surface area contributed by atoms with Crippen molar-refractivity contribution >= 4 is 11.0 Å². The van der Waals surface area contributed by atoms with Crippen LogP contribution in [0.2, 0.25) is 0 Å². The van der Waals surface area contributed by atoms with Gasteiger partial charge in [0.1, 0.15) is 0 Å². The molecule has 1 unspecified atom stereocenters. The molecule has 1 heterocycles. The molecule has 0 fully saturated rings. The van der Waals surface area contributed by atoms with Crippen molar-refractivity contribution in [2.75, 3.05) is 6.54 Å². The summed E-state index contributed by atoms with van der Waals surface area (Å²) in [6, 6.07) is 6.37. The van der Waals surface area contributed by atoms with Crippen molar-refractivity contribution in [1.82, 2.24) is 9.97 Å². The monoisotopic (exact) mass is 203 g/mol. The number of hydrogen-bond acceptors (Lipinski definition) is 2. The average Bonchev–Trinajstić information content (AvgIpc) is 2.73. The van der Waals surface area contributed by atoms with E-state index >= 15 is 0 Å². The fourth-order valence-corrected chi connectivity index (χ4v) is 1.84. The summed E-state index contributed by atoms with van der Waals surface area (Å²) in [6.07, 6.45) is 3.92. The predicted molar refractivity (Wildman–Crippen MR) is 62.6 cm³/mol. The van der Waals surface area contributed by atoms with Gasteiger partial charge < -0.3 is 10.7 Å². The number of nitrogens with two attached hydrogens (primary N) is 1. The highest BCUT2D eigenvalue weighted by Crippen LogP contribution is 2.16. The summed E-state index contributed by atoms with van der Waals surface area (Å²) in [5, 5.41) is 0. The van der Waals surface area contributed by atoms with Crippen molar-refractivity contribution in [2.24, 2.45) is 11.7 Å². The summed E-state index contributed by atoms with van der Waals surface area (Å²) in [7, 11) is 0. The number of aromatic amines is 1. The third-order valence-corrected chi connectivity index (χ3v) is 2.92. The number of nitrogens with one attached hydrogen (secondary N) is 1. The second-order valence-corrected chi connectivity index (χ2v) is 3.97. The van der Waals surface area contributed by atoms with Crippen LogP contribution in [0.25, 0.3) is 11.0 Å². The molecule has 0 saturated carbocycles. The van der Waals surface area contributed by atoms with Crippen LogP contribution in [-0.4, -0.2) is 16.5 Å². The van der Waals surface area contributed by atoms with E-state index < -0.39 is 0 Å². The number of fused-ring (bicyclic) bond motifs is 1. The first-order valence-corrected chi connectivity index (χ1v) is 5.45. The lowest BCUT2D eigenvalue weighted by atomic mass is 9.97. The van der Waals surface area contributed by atoms with Gasteiger partial charge in [0, 0.05) is 0 Å². The molecule has 15 heavy (non-hydrogen) atoms. The van der Waals surface area contributed by atoms with E-state index in [-0.39, 0.29) is 0 Å². The van der Waals surface area contributed by atoms with Crippen molar-refractivity contribution in [1.29, 1.82) is 0 Å². The van der Waals surface area contributed by atoms with Crippen LogP contribution in [0.3, 0.4) is 0 Å². The van der Waals surface area contributed by atoms with Gasteiger partial charge in [0.2, 0.25) is 0 Å². The zero-order valence-electron chi connectivity index (χ0n) is 9.03. The normalized spacial score (nSPS) is 13.2. The molecule has 0 aliphatic rings. The smallest absolute Gasteiger partial charge is 0.0931 e. The Morgan fingerprint density at radius 1 is 1.47 bits per heavy atom. The van der Waals surface area contributed by atoms with Crippen LogP contribution in [0.5, 0.6) is 0 Å². The minimum atomic E-state index is 0.588. The first-order valence-electron chi connectivity index (χ1n) is 5.45. The van der Waals surface area contributed by atoms with E-state index in [4.69, 9.17) is 5.73 Å². The fraction of sp³-hybridized carbons (Fsp3) is 0.417. The molecule has 0 aliphatic heterocycles. The maximum absolute atomic E-state index is 5.70. The van der Waals surface area contributed by atoms with Crippen molar-refractivity contribution < 1.29 is 0 Å². The maximum Gasteiger partial charge on any atom is 0.0931 e. The van der Waals surface area contributed by atoms with E-state index in [1.165, 1.54) is 5.56 Å². The summed E-state index contributed by atoms with van der Waals surface area (Å²) in [4.78, 5) is 7.33. The van der Waals surface area contributed by atoms with Crippen LogP contribution in [0.1, 0.15) is 18.9 Å². The van der Waals surface area contributed by atoms with Crippen molar-refractivity contribution in [3.05, 3.63) is 30.1 Å². The van der Waals surface area contributed by atoms with E-state index in [0.29, 0.717) is 5.92 Å². The van der Waals surface area contributed by atoms with E-state index in [2.05, 4.69) is 35.1 Å². The van der Waals surface area contributed by atoms with Gasteiger partial charge in [-0.25, -0.2) is 4.98 Å². The van der Waals surface area contributed by atoms with Gasteiger partial charge in [-0.15, -0.1) is 0 Å².